The average Bonchev–Trinajstić information content (AvgIpc) is 2.84. The van der Waals surface area contributed by atoms with Crippen molar-refractivity contribution in [3.05, 3.63) is 35.4 Å². The van der Waals surface area contributed by atoms with E-state index in [0.29, 0.717) is 0 Å². The van der Waals surface area contributed by atoms with Crippen LogP contribution in [-0.2, 0) is 6.42 Å². The fourth-order valence-electron chi connectivity index (χ4n) is 3.13. The SMILES string of the molecule is CCC1(C(O)Cc2cc(F)ccc2F)CCCC1. The second kappa shape index (κ2) is 5.35. The van der Waals surface area contributed by atoms with Gasteiger partial charge in [0.2, 0.25) is 0 Å². The summed E-state index contributed by atoms with van der Waals surface area (Å²) in [5.74, 6) is -0.879. The first-order valence-corrected chi connectivity index (χ1v) is 6.69. The van der Waals surface area contributed by atoms with Gasteiger partial charge >= 0.3 is 0 Å². The summed E-state index contributed by atoms with van der Waals surface area (Å²) >= 11 is 0. The van der Waals surface area contributed by atoms with Crippen molar-refractivity contribution < 1.29 is 13.9 Å². The minimum absolute atomic E-state index is 0.0985. The van der Waals surface area contributed by atoms with Crippen LogP contribution in [0.3, 0.4) is 0 Å². The van der Waals surface area contributed by atoms with Crippen molar-refractivity contribution in [1.82, 2.24) is 0 Å². The first-order valence-electron chi connectivity index (χ1n) is 6.69. The molecule has 1 aromatic rings. The molecule has 100 valence electrons. The standard InChI is InChI=1S/C15H20F2O/c1-2-15(7-3-4-8-15)14(18)10-11-9-12(16)5-6-13(11)17/h5-6,9,14,18H,2-4,7-8,10H2,1H3. The van der Waals surface area contributed by atoms with Crippen molar-refractivity contribution in [2.75, 3.05) is 0 Å². The highest BCUT2D eigenvalue weighted by Gasteiger charge is 2.39. The van der Waals surface area contributed by atoms with Gasteiger partial charge in [-0.25, -0.2) is 8.78 Å². The third-order valence-electron chi connectivity index (χ3n) is 4.43. The van der Waals surface area contributed by atoms with Gasteiger partial charge < -0.3 is 5.11 Å². The lowest BCUT2D eigenvalue weighted by molar-refractivity contribution is 0.0251. The summed E-state index contributed by atoms with van der Waals surface area (Å²) in [6, 6.07) is 3.43. The van der Waals surface area contributed by atoms with E-state index in [1.54, 1.807) is 0 Å². The van der Waals surface area contributed by atoms with Gasteiger partial charge in [-0.1, -0.05) is 19.8 Å². The molecule has 18 heavy (non-hydrogen) atoms. The highest BCUT2D eigenvalue weighted by molar-refractivity contribution is 5.20. The van der Waals surface area contributed by atoms with Gasteiger partial charge in [0.05, 0.1) is 6.10 Å². The Kier molecular flexibility index (Phi) is 4.00. The van der Waals surface area contributed by atoms with Crippen molar-refractivity contribution in [2.24, 2.45) is 5.41 Å². The molecular formula is C15H20F2O. The number of hydrogen-bond acceptors (Lipinski definition) is 1. The zero-order valence-electron chi connectivity index (χ0n) is 10.8. The number of halogens is 2. The predicted octanol–water partition coefficient (Wildman–Crippen LogP) is 3.84. The molecule has 0 aliphatic heterocycles. The molecule has 0 radical (unpaired) electrons. The Hall–Kier alpha value is -0.960. The average molecular weight is 254 g/mol. The molecule has 2 rings (SSSR count). The molecule has 1 fully saturated rings. The molecule has 0 saturated heterocycles. The molecule has 0 spiro atoms. The highest BCUT2D eigenvalue weighted by atomic mass is 19.1. The number of benzene rings is 1. The van der Waals surface area contributed by atoms with E-state index in [2.05, 4.69) is 6.92 Å². The lowest BCUT2D eigenvalue weighted by Crippen LogP contribution is -2.34. The largest absolute Gasteiger partial charge is 0.392 e. The number of hydrogen-bond donors (Lipinski definition) is 1. The Labute approximate surface area is 107 Å². The molecule has 1 unspecified atom stereocenters. The summed E-state index contributed by atoms with van der Waals surface area (Å²) in [6.07, 6.45) is 4.74. The molecule has 1 N–H and O–H groups in total. The summed E-state index contributed by atoms with van der Waals surface area (Å²) in [4.78, 5) is 0. The Balaban J connectivity index is 2.15. The van der Waals surface area contributed by atoms with Crippen LogP contribution >= 0.6 is 0 Å². The topological polar surface area (TPSA) is 20.2 Å². The number of aliphatic hydroxyl groups is 1. The first kappa shape index (κ1) is 13.5. The van der Waals surface area contributed by atoms with Crippen LogP contribution < -0.4 is 0 Å². The predicted molar refractivity (Wildman–Crippen MR) is 67.3 cm³/mol. The van der Waals surface area contributed by atoms with Crippen LogP contribution in [0.25, 0.3) is 0 Å². The third-order valence-corrected chi connectivity index (χ3v) is 4.43. The zero-order chi connectivity index (χ0) is 13.2. The van der Waals surface area contributed by atoms with Crippen LogP contribution in [-0.4, -0.2) is 11.2 Å². The molecule has 1 aliphatic rings. The number of aliphatic hydroxyl groups excluding tert-OH is 1. The van der Waals surface area contributed by atoms with Crippen molar-refractivity contribution in [3.8, 4) is 0 Å². The quantitative estimate of drug-likeness (QED) is 0.865. The molecule has 1 aliphatic carbocycles. The second-order valence-electron chi connectivity index (χ2n) is 5.38. The van der Waals surface area contributed by atoms with Crippen molar-refractivity contribution >= 4 is 0 Å². The van der Waals surface area contributed by atoms with E-state index in [9.17, 15) is 13.9 Å². The van der Waals surface area contributed by atoms with Crippen LogP contribution in [0.2, 0.25) is 0 Å². The molecule has 0 aromatic heterocycles. The van der Waals surface area contributed by atoms with E-state index in [0.717, 1.165) is 44.2 Å². The van der Waals surface area contributed by atoms with E-state index >= 15 is 0 Å². The van der Waals surface area contributed by atoms with Crippen molar-refractivity contribution in [2.45, 2.75) is 51.6 Å². The van der Waals surface area contributed by atoms with E-state index in [1.807, 2.05) is 0 Å². The molecule has 1 saturated carbocycles. The Morgan fingerprint density at radius 1 is 1.28 bits per heavy atom. The van der Waals surface area contributed by atoms with Gasteiger partial charge in [-0.15, -0.1) is 0 Å². The number of rotatable bonds is 4. The maximum absolute atomic E-state index is 13.6. The van der Waals surface area contributed by atoms with Gasteiger partial charge in [0.15, 0.2) is 0 Å². The van der Waals surface area contributed by atoms with Crippen molar-refractivity contribution in [1.29, 1.82) is 0 Å². The summed E-state index contributed by atoms with van der Waals surface area (Å²) in [6.45, 7) is 2.07. The van der Waals surface area contributed by atoms with Gasteiger partial charge in [0.25, 0.3) is 0 Å². The summed E-state index contributed by atoms with van der Waals surface area (Å²) in [5, 5.41) is 10.4. The summed E-state index contributed by atoms with van der Waals surface area (Å²) in [5.41, 5.74) is 0.181. The molecular weight excluding hydrogens is 234 g/mol. The van der Waals surface area contributed by atoms with Gasteiger partial charge in [-0.05, 0) is 48.4 Å². The normalized spacial score (nSPS) is 20.0. The second-order valence-corrected chi connectivity index (χ2v) is 5.38. The monoisotopic (exact) mass is 254 g/mol. The first-order chi connectivity index (χ1) is 8.57. The Morgan fingerprint density at radius 2 is 1.94 bits per heavy atom. The third kappa shape index (κ3) is 2.56. The fraction of sp³-hybridized carbons (Fsp3) is 0.600. The van der Waals surface area contributed by atoms with Crippen LogP contribution in [0.15, 0.2) is 18.2 Å². The molecule has 1 nitrogen and oxygen atoms in total. The van der Waals surface area contributed by atoms with E-state index in [-0.39, 0.29) is 17.4 Å². The highest BCUT2D eigenvalue weighted by Crippen LogP contribution is 2.44. The molecule has 0 heterocycles. The van der Waals surface area contributed by atoms with Crippen LogP contribution in [0.4, 0.5) is 8.78 Å². The molecule has 1 aromatic carbocycles. The van der Waals surface area contributed by atoms with Gasteiger partial charge in [-0.2, -0.15) is 0 Å². The van der Waals surface area contributed by atoms with E-state index in [4.69, 9.17) is 0 Å². The zero-order valence-corrected chi connectivity index (χ0v) is 10.8. The smallest absolute Gasteiger partial charge is 0.126 e. The molecule has 0 amide bonds. The van der Waals surface area contributed by atoms with E-state index < -0.39 is 17.7 Å². The van der Waals surface area contributed by atoms with Crippen LogP contribution in [0.5, 0.6) is 0 Å². The van der Waals surface area contributed by atoms with Gasteiger partial charge in [0, 0.05) is 6.42 Å². The Morgan fingerprint density at radius 3 is 2.56 bits per heavy atom. The molecule has 1 atom stereocenters. The van der Waals surface area contributed by atoms with Gasteiger partial charge in [-0.3, -0.25) is 0 Å². The van der Waals surface area contributed by atoms with Crippen molar-refractivity contribution in [3.63, 3.8) is 0 Å². The van der Waals surface area contributed by atoms with E-state index in [1.165, 1.54) is 6.07 Å². The maximum atomic E-state index is 13.6. The van der Waals surface area contributed by atoms with Gasteiger partial charge in [0.1, 0.15) is 11.6 Å². The fourth-order valence-corrected chi connectivity index (χ4v) is 3.13. The molecule has 0 bridgehead atoms. The maximum Gasteiger partial charge on any atom is 0.126 e. The molecule has 3 heteroatoms. The van der Waals surface area contributed by atoms with Crippen LogP contribution in [0.1, 0.15) is 44.6 Å². The minimum atomic E-state index is -0.582. The lowest BCUT2D eigenvalue weighted by Gasteiger charge is -2.33. The summed E-state index contributed by atoms with van der Waals surface area (Å²) in [7, 11) is 0. The van der Waals surface area contributed by atoms with Crippen LogP contribution in [0, 0.1) is 17.0 Å². The summed E-state index contributed by atoms with van der Waals surface area (Å²) < 4.78 is 26.7. The Bertz CT molecular complexity index is 411. The lowest BCUT2D eigenvalue weighted by atomic mass is 9.76. The minimum Gasteiger partial charge on any atom is -0.392 e.